The molecule has 0 unspecified atom stereocenters. The van der Waals surface area contributed by atoms with Crippen LogP contribution in [-0.2, 0) is 21.1 Å². The van der Waals surface area contributed by atoms with E-state index in [9.17, 15) is 0 Å². The number of rotatable bonds is 3. The molecule has 0 aliphatic heterocycles. The van der Waals surface area contributed by atoms with Crippen molar-refractivity contribution >= 4 is 76.3 Å². The van der Waals surface area contributed by atoms with Crippen LogP contribution in [0.2, 0.25) is 0 Å². The van der Waals surface area contributed by atoms with Gasteiger partial charge in [0.1, 0.15) is 11.5 Å². The smallest absolute Gasteiger partial charge is 0.352 e. The topological polar surface area (TPSA) is 61.4 Å². The number of aromatic nitrogens is 6. The zero-order valence-electron chi connectivity index (χ0n) is 26.9. The largest absolute Gasteiger partial charge is 2.00 e. The van der Waals surface area contributed by atoms with E-state index < -0.39 is 0 Å². The molecule has 11 rings (SSSR count). The number of nitrogens with zero attached hydrogens (tertiary/aromatic N) is 6. The molecule has 0 fully saturated rings. The Morgan fingerprint density at radius 3 is 1.98 bits per heavy atom. The van der Waals surface area contributed by atoms with Crippen LogP contribution >= 0.6 is 0 Å². The number of pyridine rings is 2. The minimum absolute atomic E-state index is 0. The first kappa shape index (κ1) is 29.7. The van der Waals surface area contributed by atoms with Crippen molar-refractivity contribution in [3.63, 3.8) is 0 Å². The van der Waals surface area contributed by atoms with Crippen molar-refractivity contribution in [1.82, 2.24) is 29.1 Å². The molecular formula is C44H24N6Pt. The molecule has 0 aliphatic carbocycles. The van der Waals surface area contributed by atoms with Gasteiger partial charge in [-0.15, -0.1) is 41.3 Å². The Kier molecular flexibility index (Phi) is 6.64. The van der Waals surface area contributed by atoms with Crippen LogP contribution < -0.4 is 0 Å². The Balaban J connectivity index is 0.00000327. The van der Waals surface area contributed by atoms with Crippen LogP contribution in [0, 0.1) is 12.1 Å². The Morgan fingerprint density at radius 1 is 0.490 bits per heavy atom. The Bertz CT molecular complexity index is 3160. The van der Waals surface area contributed by atoms with Gasteiger partial charge in [0, 0.05) is 29.8 Å². The van der Waals surface area contributed by atoms with Gasteiger partial charge >= 0.3 is 21.1 Å². The molecule has 240 valence electrons. The Morgan fingerprint density at radius 2 is 1.18 bits per heavy atom. The molecule has 0 aliphatic rings. The maximum absolute atomic E-state index is 5.09. The van der Waals surface area contributed by atoms with Crippen molar-refractivity contribution in [2.45, 2.75) is 0 Å². The van der Waals surface area contributed by atoms with Gasteiger partial charge in [0.2, 0.25) is 0 Å². The third-order valence-electron chi connectivity index (χ3n) is 9.77. The van der Waals surface area contributed by atoms with Crippen molar-refractivity contribution in [3.8, 4) is 22.8 Å². The molecule has 5 aromatic heterocycles. The summed E-state index contributed by atoms with van der Waals surface area (Å²) in [6.45, 7) is 0. The average Bonchev–Trinajstić information content (AvgIpc) is 3.67. The van der Waals surface area contributed by atoms with Crippen LogP contribution in [0.4, 0.5) is 0 Å². The van der Waals surface area contributed by atoms with E-state index in [1.54, 1.807) is 0 Å². The van der Waals surface area contributed by atoms with E-state index in [1.807, 2.05) is 48.9 Å². The quantitative estimate of drug-likeness (QED) is 0.131. The monoisotopic (exact) mass is 831 g/mol. The number of hydrogen-bond acceptors (Lipinski definition) is 4. The molecule has 7 heteroatoms. The van der Waals surface area contributed by atoms with Crippen LogP contribution in [-0.4, -0.2) is 29.1 Å². The fraction of sp³-hybridized carbons (Fsp3) is 0. The van der Waals surface area contributed by atoms with Gasteiger partial charge in [-0.1, -0.05) is 83.3 Å². The van der Waals surface area contributed by atoms with Crippen molar-refractivity contribution in [3.05, 3.63) is 158 Å². The first-order chi connectivity index (χ1) is 24.8. The van der Waals surface area contributed by atoms with E-state index in [2.05, 4.69) is 118 Å². The van der Waals surface area contributed by atoms with Crippen LogP contribution in [0.25, 0.3) is 99.1 Å². The van der Waals surface area contributed by atoms with Crippen molar-refractivity contribution in [1.29, 1.82) is 0 Å². The summed E-state index contributed by atoms with van der Waals surface area (Å²) in [6.07, 6.45) is 5.49. The van der Waals surface area contributed by atoms with Crippen LogP contribution in [0.15, 0.2) is 146 Å². The van der Waals surface area contributed by atoms with Crippen molar-refractivity contribution < 1.29 is 21.1 Å². The number of fused-ring (bicyclic) bond motifs is 9. The van der Waals surface area contributed by atoms with Gasteiger partial charge in [0.05, 0.1) is 11.0 Å². The van der Waals surface area contributed by atoms with Crippen molar-refractivity contribution in [2.24, 2.45) is 0 Å². The summed E-state index contributed by atoms with van der Waals surface area (Å²) in [5, 5.41) is 9.03. The number of benzene rings is 6. The molecule has 0 atom stereocenters. The van der Waals surface area contributed by atoms with Crippen molar-refractivity contribution in [2.75, 3.05) is 0 Å². The Hall–Kier alpha value is -6.23. The molecule has 0 N–H and O–H groups in total. The van der Waals surface area contributed by atoms with Crippen LogP contribution in [0.1, 0.15) is 0 Å². The van der Waals surface area contributed by atoms with E-state index in [-0.39, 0.29) is 21.1 Å². The SMILES string of the molecule is [Pt+2].[c-]1c(-c2cnc3cc4ccccc4cc3n2)ccc2c3cc4ccccc4cc3n(-c3[c-]c4c(cc3)c3cccnc3n4-c3ccccn3)c12. The molecule has 5 heterocycles. The van der Waals surface area contributed by atoms with Gasteiger partial charge in [-0.05, 0) is 74.2 Å². The molecule has 0 radical (unpaired) electrons. The van der Waals surface area contributed by atoms with E-state index in [0.717, 1.165) is 88.3 Å². The average molecular weight is 832 g/mol. The van der Waals surface area contributed by atoms with E-state index in [4.69, 9.17) is 19.9 Å². The summed E-state index contributed by atoms with van der Waals surface area (Å²) in [7, 11) is 0. The molecule has 6 nitrogen and oxygen atoms in total. The van der Waals surface area contributed by atoms with Gasteiger partial charge in [-0.2, -0.15) is 6.07 Å². The summed E-state index contributed by atoms with van der Waals surface area (Å²) in [5.74, 6) is 0.796. The molecule has 11 aromatic rings. The molecule has 51 heavy (non-hydrogen) atoms. The normalized spacial score (nSPS) is 11.8. The third-order valence-corrected chi connectivity index (χ3v) is 9.77. The molecule has 0 saturated carbocycles. The summed E-state index contributed by atoms with van der Waals surface area (Å²) < 4.78 is 4.37. The van der Waals surface area contributed by atoms with Gasteiger partial charge in [0.25, 0.3) is 0 Å². The summed E-state index contributed by atoms with van der Waals surface area (Å²) >= 11 is 0. The second kappa shape index (κ2) is 11.4. The first-order valence-electron chi connectivity index (χ1n) is 16.6. The maximum atomic E-state index is 5.09. The van der Waals surface area contributed by atoms with Gasteiger partial charge in [-0.3, -0.25) is 9.97 Å². The fourth-order valence-electron chi connectivity index (χ4n) is 7.45. The second-order valence-electron chi connectivity index (χ2n) is 12.6. The van der Waals surface area contributed by atoms with E-state index in [1.165, 1.54) is 10.8 Å². The van der Waals surface area contributed by atoms with E-state index >= 15 is 0 Å². The molecule has 0 saturated heterocycles. The maximum Gasteiger partial charge on any atom is 2.00 e. The molecule has 0 spiro atoms. The van der Waals surface area contributed by atoms with Gasteiger partial charge in [-0.25, -0.2) is 9.97 Å². The van der Waals surface area contributed by atoms with E-state index in [0.29, 0.717) is 0 Å². The predicted octanol–water partition coefficient (Wildman–Crippen LogP) is 10.2. The molecule has 0 bridgehead atoms. The van der Waals surface area contributed by atoms with Crippen LogP contribution in [0.5, 0.6) is 0 Å². The Labute approximate surface area is 305 Å². The van der Waals surface area contributed by atoms with Gasteiger partial charge < -0.3 is 9.13 Å². The van der Waals surface area contributed by atoms with Gasteiger partial charge in [0.15, 0.2) is 0 Å². The standard InChI is InChI=1S/C44H24N6.Pt/c1-4-11-30-23-41-36(20-27(30)8-1)34-16-14-31(39-26-47-37-21-28-9-2-3-10-29(28)22-38(37)48-39)24-40(34)49(41)32-15-17-33-35-12-7-19-46-44(35)50(42(33)25-32)43-13-5-6-18-45-43;/h1-23,26H;/q-2;+2. The first-order valence-corrected chi connectivity index (χ1v) is 16.6. The van der Waals surface area contributed by atoms with Crippen LogP contribution in [0.3, 0.4) is 0 Å². The predicted molar refractivity (Wildman–Crippen MR) is 202 cm³/mol. The zero-order chi connectivity index (χ0) is 32.8. The summed E-state index contributed by atoms with van der Waals surface area (Å²) in [6, 6.07) is 51.8. The summed E-state index contributed by atoms with van der Waals surface area (Å²) in [4.78, 5) is 19.4. The third kappa shape index (κ3) is 4.53. The summed E-state index contributed by atoms with van der Waals surface area (Å²) in [5.41, 5.74) is 8.07. The molecule has 0 amide bonds. The minimum Gasteiger partial charge on any atom is -0.352 e. The fourth-order valence-corrected chi connectivity index (χ4v) is 7.45. The molecule has 6 aromatic carbocycles. The second-order valence-corrected chi connectivity index (χ2v) is 12.6. The minimum atomic E-state index is 0. The zero-order valence-corrected chi connectivity index (χ0v) is 29.1. The molecular weight excluding hydrogens is 808 g/mol. The number of hydrogen-bond donors (Lipinski definition) is 0.